The fourth-order valence-electron chi connectivity index (χ4n) is 3.77. The summed E-state index contributed by atoms with van der Waals surface area (Å²) < 4.78 is 0. The summed E-state index contributed by atoms with van der Waals surface area (Å²) in [6.45, 7) is 4.24. The first-order chi connectivity index (χ1) is 13.8. The Balaban J connectivity index is 1.52. The second kappa shape index (κ2) is 8.84. The molecule has 3 heterocycles. The van der Waals surface area contributed by atoms with Crippen LogP contribution < -0.4 is 10.6 Å². The number of anilines is 2. The molecule has 7 heteroatoms. The molecule has 2 aromatic heterocycles. The predicted molar refractivity (Wildman–Crippen MR) is 112 cm³/mol. The number of aromatic amines is 1. The van der Waals surface area contributed by atoms with E-state index in [1.807, 2.05) is 30.3 Å². The number of carbonyl (C=O) groups excluding carboxylic acids is 1. The molecule has 1 fully saturated rings. The summed E-state index contributed by atoms with van der Waals surface area (Å²) in [6.07, 6.45) is 7.75. The van der Waals surface area contributed by atoms with Gasteiger partial charge >= 0.3 is 0 Å². The normalized spacial score (nSPS) is 15.3. The average molecular weight is 378 g/mol. The van der Waals surface area contributed by atoms with Gasteiger partial charge in [-0.3, -0.25) is 4.79 Å². The Bertz CT molecular complexity index is 930. The van der Waals surface area contributed by atoms with Crippen molar-refractivity contribution in [3.63, 3.8) is 0 Å². The standard InChI is InChI=1S/C21H26N6O/c28-15-24-17-8-5-9-18-19(17)26-21(25-18)16-7-6-10-22-20(16)23-11-14-27-12-3-1-2-4-13-27/h5-10,15H,1-4,11-14H2,(H,22,23)(H,24,28)(H,25,26). The van der Waals surface area contributed by atoms with E-state index in [0.29, 0.717) is 12.1 Å². The molecular formula is C21H26N6O. The van der Waals surface area contributed by atoms with Crippen molar-refractivity contribution < 1.29 is 4.79 Å². The third-order valence-corrected chi connectivity index (χ3v) is 5.21. The van der Waals surface area contributed by atoms with Crippen LogP contribution in [-0.4, -0.2) is 52.4 Å². The quantitative estimate of drug-likeness (QED) is 0.548. The summed E-state index contributed by atoms with van der Waals surface area (Å²) in [5.74, 6) is 1.56. The van der Waals surface area contributed by atoms with Crippen molar-refractivity contribution in [1.82, 2.24) is 19.9 Å². The van der Waals surface area contributed by atoms with Crippen molar-refractivity contribution in [3.05, 3.63) is 36.5 Å². The van der Waals surface area contributed by atoms with E-state index in [4.69, 9.17) is 4.98 Å². The van der Waals surface area contributed by atoms with Crippen LogP contribution in [0.4, 0.5) is 11.5 Å². The number of nitrogens with one attached hydrogen (secondary N) is 3. The van der Waals surface area contributed by atoms with Crippen molar-refractivity contribution in [1.29, 1.82) is 0 Å². The molecule has 0 bridgehead atoms. The van der Waals surface area contributed by atoms with Gasteiger partial charge in [0.15, 0.2) is 0 Å². The van der Waals surface area contributed by atoms with Crippen LogP contribution >= 0.6 is 0 Å². The Hall–Kier alpha value is -2.93. The molecule has 7 nitrogen and oxygen atoms in total. The molecule has 0 radical (unpaired) electrons. The first-order valence-electron chi connectivity index (χ1n) is 9.95. The van der Waals surface area contributed by atoms with Crippen LogP contribution in [0.3, 0.4) is 0 Å². The fourth-order valence-corrected chi connectivity index (χ4v) is 3.77. The van der Waals surface area contributed by atoms with Crippen molar-refractivity contribution in [3.8, 4) is 11.4 Å². The van der Waals surface area contributed by atoms with E-state index >= 15 is 0 Å². The zero-order valence-electron chi connectivity index (χ0n) is 15.9. The van der Waals surface area contributed by atoms with Gasteiger partial charge in [0.25, 0.3) is 0 Å². The fraction of sp³-hybridized carbons (Fsp3) is 0.381. The Kier molecular flexibility index (Phi) is 5.82. The van der Waals surface area contributed by atoms with Crippen molar-refractivity contribution in [2.45, 2.75) is 25.7 Å². The number of hydrogen-bond donors (Lipinski definition) is 3. The van der Waals surface area contributed by atoms with Crippen LogP contribution in [0.25, 0.3) is 22.4 Å². The number of fused-ring (bicyclic) bond motifs is 1. The number of hydrogen-bond acceptors (Lipinski definition) is 5. The van der Waals surface area contributed by atoms with Gasteiger partial charge in [0.05, 0.1) is 16.8 Å². The first kappa shape index (κ1) is 18.4. The molecule has 146 valence electrons. The number of para-hydroxylation sites is 1. The first-order valence-corrected chi connectivity index (χ1v) is 9.95. The molecule has 3 N–H and O–H groups in total. The van der Waals surface area contributed by atoms with Crippen LogP contribution in [0.15, 0.2) is 36.5 Å². The highest BCUT2D eigenvalue weighted by molar-refractivity contribution is 5.94. The molecule has 28 heavy (non-hydrogen) atoms. The number of imidazole rings is 1. The summed E-state index contributed by atoms with van der Waals surface area (Å²) in [4.78, 5) is 25.9. The van der Waals surface area contributed by atoms with Gasteiger partial charge in [-0.15, -0.1) is 0 Å². The van der Waals surface area contributed by atoms with Gasteiger partial charge in [-0.2, -0.15) is 0 Å². The minimum atomic E-state index is 0.670. The minimum absolute atomic E-state index is 0.670. The summed E-state index contributed by atoms with van der Waals surface area (Å²) in [7, 11) is 0. The molecule has 0 saturated carbocycles. The molecule has 1 amide bonds. The maximum absolute atomic E-state index is 10.8. The lowest BCUT2D eigenvalue weighted by Gasteiger charge is -2.20. The van der Waals surface area contributed by atoms with Gasteiger partial charge in [0.1, 0.15) is 17.2 Å². The van der Waals surface area contributed by atoms with Crippen molar-refractivity contribution in [2.24, 2.45) is 0 Å². The van der Waals surface area contributed by atoms with Crippen LogP contribution in [0, 0.1) is 0 Å². The van der Waals surface area contributed by atoms with Crippen LogP contribution in [0.2, 0.25) is 0 Å². The predicted octanol–water partition coefficient (Wildman–Crippen LogP) is 3.48. The van der Waals surface area contributed by atoms with Gasteiger partial charge in [0.2, 0.25) is 6.41 Å². The Morgan fingerprint density at radius 3 is 2.79 bits per heavy atom. The van der Waals surface area contributed by atoms with E-state index in [0.717, 1.165) is 41.3 Å². The van der Waals surface area contributed by atoms with Crippen molar-refractivity contribution in [2.75, 3.05) is 36.8 Å². The Morgan fingerprint density at radius 1 is 1.11 bits per heavy atom. The molecule has 1 saturated heterocycles. The molecule has 0 spiro atoms. The molecule has 1 aromatic carbocycles. The largest absolute Gasteiger partial charge is 0.368 e. The second-order valence-electron chi connectivity index (χ2n) is 7.13. The number of amides is 1. The molecule has 0 unspecified atom stereocenters. The molecule has 4 rings (SSSR count). The summed E-state index contributed by atoms with van der Waals surface area (Å²) in [6, 6.07) is 9.59. The molecular weight excluding hydrogens is 352 g/mol. The molecule has 3 aromatic rings. The van der Waals surface area contributed by atoms with Gasteiger partial charge in [-0.1, -0.05) is 18.9 Å². The lowest BCUT2D eigenvalue weighted by molar-refractivity contribution is -0.105. The van der Waals surface area contributed by atoms with E-state index in [1.165, 1.54) is 38.8 Å². The topological polar surface area (TPSA) is 85.9 Å². The number of aromatic nitrogens is 3. The Labute approximate surface area is 164 Å². The maximum Gasteiger partial charge on any atom is 0.211 e. The van der Waals surface area contributed by atoms with Crippen LogP contribution in [0.1, 0.15) is 25.7 Å². The highest BCUT2D eigenvalue weighted by Gasteiger charge is 2.13. The SMILES string of the molecule is O=CNc1cccc2[nH]c(-c3cccnc3NCCN3CCCCCC3)nc12. The van der Waals surface area contributed by atoms with Gasteiger partial charge in [-0.05, 0) is 50.2 Å². The van der Waals surface area contributed by atoms with Crippen LogP contribution in [0.5, 0.6) is 0 Å². The van der Waals surface area contributed by atoms with Crippen LogP contribution in [-0.2, 0) is 4.79 Å². The highest BCUT2D eigenvalue weighted by Crippen LogP contribution is 2.28. The number of pyridine rings is 1. The summed E-state index contributed by atoms with van der Waals surface area (Å²) in [5.41, 5.74) is 3.23. The highest BCUT2D eigenvalue weighted by atomic mass is 16.1. The Morgan fingerprint density at radius 2 is 1.96 bits per heavy atom. The zero-order chi connectivity index (χ0) is 19.2. The van der Waals surface area contributed by atoms with E-state index in [2.05, 4.69) is 25.5 Å². The smallest absolute Gasteiger partial charge is 0.211 e. The number of carbonyl (C=O) groups is 1. The number of H-pyrrole nitrogens is 1. The van der Waals surface area contributed by atoms with Gasteiger partial charge in [0, 0.05) is 19.3 Å². The third kappa shape index (κ3) is 4.14. The summed E-state index contributed by atoms with van der Waals surface area (Å²) in [5, 5.41) is 6.18. The molecule has 1 aliphatic rings. The van der Waals surface area contributed by atoms with E-state index in [9.17, 15) is 4.79 Å². The van der Waals surface area contributed by atoms with Gasteiger partial charge in [-0.25, -0.2) is 9.97 Å². The molecule has 0 aliphatic carbocycles. The van der Waals surface area contributed by atoms with Gasteiger partial charge < -0.3 is 20.5 Å². The second-order valence-corrected chi connectivity index (χ2v) is 7.13. The van der Waals surface area contributed by atoms with Crippen molar-refractivity contribution >= 4 is 28.9 Å². The molecule has 1 aliphatic heterocycles. The number of rotatable bonds is 7. The third-order valence-electron chi connectivity index (χ3n) is 5.21. The lowest BCUT2D eigenvalue weighted by atomic mass is 10.2. The van der Waals surface area contributed by atoms with E-state index in [1.54, 1.807) is 6.20 Å². The lowest BCUT2D eigenvalue weighted by Crippen LogP contribution is -2.30. The zero-order valence-corrected chi connectivity index (χ0v) is 15.9. The number of benzene rings is 1. The minimum Gasteiger partial charge on any atom is -0.368 e. The number of likely N-dealkylation sites (tertiary alicyclic amines) is 1. The van der Waals surface area contributed by atoms with E-state index < -0.39 is 0 Å². The molecule has 0 atom stereocenters. The monoisotopic (exact) mass is 378 g/mol. The maximum atomic E-state index is 10.8. The summed E-state index contributed by atoms with van der Waals surface area (Å²) >= 11 is 0. The average Bonchev–Trinajstić information content (AvgIpc) is 2.99. The number of nitrogens with zero attached hydrogens (tertiary/aromatic N) is 3. The van der Waals surface area contributed by atoms with E-state index in [-0.39, 0.29) is 0 Å².